The number of aliphatic hydroxyl groups excluding tert-OH is 2. The summed E-state index contributed by atoms with van der Waals surface area (Å²) in [7, 11) is 0. The molecule has 0 spiro atoms. The fourth-order valence-corrected chi connectivity index (χ4v) is 9.08. The highest BCUT2D eigenvalue weighted by Gasteiger charge is 2.18. The normalized spacial score (nSPS) is 12.8. The van der Waals surface area contributed by atoms with E-state index in [1.54, 1.807) is 6.08 Å². The maximum atomic E-state index is 12.4. The topological polar surface area (TPSA) is 95.9 Å². The van der Waals surface area contributed by atoms with Crippen LogP contribution < -0.4 is 5.32 Å². The Morgan fingerprint density at radius 3 is 1.16 bits per heavy atom. The Balaban J connectivity index is 3.37. The van der Waals surface area contributed by atoms with Crippen molar-refractivity contribution in [3.8, 4) is 0 Å². The number of unbranched alkanes of at least 4 members (excludes halogenated alkanes) is 40. The van der Waals surface area contributed by atoms with Gasteiger partial charge in [-0.05, 0) is 64.2 Å². The third-order valence-electron chi connectivity index (χ3n) is 13.7. The van der Waals surface area contributed by atoms with Gasteiger partial charge in [0.05, 0.1) is 25.4 Å². The number of nitrogens with one attached hydrogen (secondary N) is 1. The van der Waals surface area contributed by atoms with Crippen LogP contribution in [0.2, 0.25) is 0 Å². The highest BCUT2D eigenvalue weighted by molar-refractivity contribution is 5.76. The molecule has 0 aliphatic heterocycles. The Morgan fingerprint density at radius 2 is 0.746 bits per heavy atom. The van der Waals surface area contributed by atoms with Crippen molar-refractivity contribution in [1.82, 2.24) is 5.32 Å². The van der Waals surface area contributed by atoms with Crippen LogP contribution in [0.25, 0.3) is 0 Å². The molecule has 394 valence electrons. The third-order valence-corrected chi connectivity index (χ3v) is 13.7. The molecule has 0 aliphatic rings. The number of hydrogen-bond donors (Lipinski definition) is 3. The van der Waals surface area contributed by atoms with Crippen LogP contribution in [0.4, 0.5) is 0 Å². The van der Waals surface area contributed by atoms with Crippen LogP contribution in [0.5, 0.6) is 0 Å². The summed E-state index contributed by atoms with van der Waals surface area (Å²) in [5.74, 6) is -0.0634. The summed E-state index contributed by atoms with van der Waals surface area (Å²) in [6.07, 6.45) is 70.4. The predicted octanol–water partition coefficient (Wildman–Crippen LogP) is 18.4. The maximum absolute atomic E-state index is 12.4. The maximum Gasteiger partial charge on any atom is 0.305 e. The van der Waals surface area contributed by atoms with Gasteiger partial charge in [0, 0.05) is 12.8 Å². The highest BCUT2D eigenvalue weighted by atomic mass is 16.5. The Kier molecular flexibility index (Phi) is 55.0. The van der Waals surface area contributed by atoms with E-state index >= 15 is 0 Å². The minimum atomic E-state index is -0.843. The molecular weight excluding hydrogens is 827 g/mol. The van der Waals surface area contributed by atoms with E-state index in [1.807, 2.05) is 6.08 Å². The quantitative estimate of drug-likeness (QED) is 0.0321. The van der Waals surface area contributed by atoms with E-state index < -0.39 is 12.1 Å². The van der Waals surface area contributed by atoms with Crippen LogP contribution in [0.1, 0.15) is 316 Å². The number of aliphatic hydroxyl groups is 2. The Labute approximate surface area is 417 Å². The number of amides is 1. The third kappa shape index (κ3) is 53.3. The summed E-state index contributed by atoms with van der Waals surface area (Å²) in [6, 6.07) is -0.627. The van der Waals surface area contributed by atoms with Gasteiger partial charge in [-0.3, -0.25) is 9.59 Å². The Morgan fingerprint density at radius 1 is 0.418 bits per heavy atom. The zero-order chi connectivity index (χ0) is 48.6. The molecule has 3 N–H and O–H groups in total. The lowest BCUT2D eigenvalue weighted by Gasteiger charge is -2.20. The number of esters is 1. The highest BCUT2D eigenvalue weighted by Crippen LogP contribution is 2.17. The zero-order valence-corrected chi connectivity index (χ0v) is 44.9. The van der Waals surface area contributed by atoms with E-state index in [-0.39, 0.29) is 18.5 Å². The second-order valence-corrected chi connectivity index (χ2v) is 20.3. The second-order valence-electron chi connectivity index (χ2n) is 20.3. The summed E-state index contributed by atoms with van der Waals surface area (Å²) in [5, 5.41) is 23.0. The van der Waals surface area contributed by atoms with E-state index in [1.165, 1.54) is 238 Å². The number of hydrogen-bond acceptors (Lipinski definition) is 5. The van der Waals surface area contributed by atoms with Gasteiger partial charge in [0.2, 0.25) is 5.91 Å². The summed E-state index contributed by atoms with van der Waals surface area (Å²) < 4.78 is 5.49. The average molecular weight is 943 g/mol. The molecule has 0 heterocycles. The first-order valence-electron chi connectivity index (χ1n) is 29.8. The van der Waals surface area contributed by atoms with Gasteiger partial charge < -0.3 is 20.3 Å². The largest absolute Gasteiger partial charge is 0.466 e. The molecule has 0 radical (unpaired) electrons. The van der Waals surface area contributed by atoms with Crippen LogP contribution in [-0.4, -0.2) is 47.4 Å². The lowest BCUT2D eigenvalue weighted by atomic mass is 10.0. The molecule has 0 saturated carbocycles. The fraction of sp³-hybridized carbons (Fsp3) is 0.869. The van der Waals surface area contributed by atoms with Crippen LogP contribution >= 0.6 is 0 Å². The first-order valence-corrected chi connectivity index (χ1v) is 29.8. The van der Waals surface area contributed by atoms with Gasteiger partial charge in [-0.15, -0.1) is 0 Å². The van der Waals surface area contributed by atoms with Crippen LogP contribution in [0.15, 0.2) is 36.5 Å². The lowest BCUT2D eigenvalue weighted by molar-refractivity contribution is -0.143. The average Bonchev–Trinajstić information content (AvgIpc) is 3.33. The van der Waals surface area contributed by atoms with E-state index in [4.69, 9.17) is 4.74 Å². The van der Waals surface area contributed by atoms with Gasteiger partial charge in [-0.1, -0.05) is 275 Å². The van der Waals surface area contributed by atoms with Crippen molar-refractivity contribution in [2.24, 2.45) is 0 Å². The van der Waals surface area contributed by atoms with E-state index in [0.29, 0.717) is 19.4 Å². The van der Waals surface area contributed by atoms with Gasteiger partial charge in [0.15, 0.2) is 0 Å². The first kappa shape index (κ1) is 65.1. The molecule has 0 aromatic carbocycles. The van der Waals surface area contributed by atoms with Gasteiger partial charge in [-0.25, -0.2) is 0 Å². The van der Waals surface area contributed by atoms with Crippen molar-refractivity contribution < 1.29 is 24.5 Å². The molecule has 6 nitrogen and oxygen atoms in total. The number of ether oxygens (including phenoxy) is 1. The molecule has 0 aliphatic carbocycles. The monoisotopic (exact) mass is 942 g/mol. The van der Waals surface area contributed by atoms with E-state index in [2.05, 4.69) is 43.5 Å². The van der Waals surface area contributed by atoms with Crippen molar-refractivity contribution in [2.75, 3.05) is 13.2 Å². The van der Waals surface area contributed by atoms with Crippen LogP contribution in [0.3, 0.4) is 0 Å². The summed E-state index contributed by atoms with van der Waals surface area (Å²) >= 11 is 0. The van der Waals surface area contributed by atoms with Crippen molar-refractivity contribution in [1.29, 1.82) is 0 Å². The molecule has 0 rings (SSSR count). The Bertz CT molecular complexity index is 1090. The van der Waals surface area contributed by atoms with Gasteiger partial charge >= 0.3 is 5.97 Å². The molecule has 0 saturated heterocycles. The van der Waals surface area contributed by atoms with Crippen molar-refractivity contribution in [2.45, 2.75) is 328 Å². The smallest absolute Gasteiger partial charge is 0.305 e. The summed E-state index contributed by atoms with van der Waals surface area (Å²) in [6.45, 7) is 4.86. The Hall–Kier alpha value is -1.92. The van der Waals surface area contributed by atoms with Crippen LogP contribution in [-0.2, 0) is 14.3 Å². The minimum absolute atomic E-state index is 0.00734. The zero-order valence-electron chi connectivity index (χ0n) is 44.9. The van der Waals surface area contributed by atoms with Crippen LogP contribution in [0, 0.1) is 0 Å². The van der Waals surface area contributed by atoms with Gasteiger partial charge in [-0.2, -0.15) is 0 Å². The summed E-state index contributed by atoms with van der Waals surface area (Å²) in [4.78, 5) is 24.5. The molecule has 2 atom stereocenters. The van der Waals surface area contributed by atoms with Crippen molar-refractivity contribution in [3.63, 3.8) is 0 Å². The van der Waals surface area contributed by atoms with Gasteiger partial charge in [0.25, 0.3) is 0 Å². The molecule has 6 heteroatoms. The van der Waals surface area contributed by atoms with Gasteiger partial charge in [0.1, 0.15) is 0 Å². The van der Waals surface area contributed by atoms with Crippen molar-refractivity contribution in [3.05, 3.63) is 36.5 Å². The SMILES string of the molecule is CCCCC/C=C\C/C=C\CCCCCCCCCCCC(=O)OCCCCCCCCCCCCCCCCCCCCCCCC(=O)NC(CO)C(O)/C=C/CCCCCCCCCC. The molecular formula is C61H115NO5. The molecule has 0 bridgehead atoms. The fourth-order valence-electron chi connectivity index (χ4n) is 9.08. The number of carbonyl (C=O) groups is 2. The second kappa shape index (κ2) is 56.7. The minimum Gasteiger partial charge on any atom is -0.466 e. The summed E-state index contributed by atoms with van der Waals surface area (Å²) in [5.41, 5.74) is 0. The molecule has 1 amide bonds. The standard InChI is InChI=1S/C61H115NO5/c1-3-5-7-9-11-13-15-16-17-18-22-26-29-32-35-39-43-47-51-55-61(66)67-56-52-48-44-40-36-33-30-27-24-21-19-20-23-25-28-31-34-38-42-46-50-54-60(65)62-58(57-63)59(64)53-49-45-41-37-14-12-10-8-6-4-2/h11,13,16-17,49,53,58-59,63-64H,3-10,12,14-15,18-48,50-52,54-57H2,1-2H3,(H,62,65)/b13-11-,17-16-,53-49+. The molecule has 0 aromatic rings. The molecule has 0 fully saturated rings. The van der Waals surface area contributed by atoms with E-state index in [9.17, 15) is 19.8 Å². The molecule has 2 unspecified atom stereocenters. The predicted molar refractivity (Wildman–Crippen MR) is 292 cm³/mol. The molecule has 67 heavy (non-hydrogen) atoms. The lowest BCUT2D eigenvalue weighted by Crippen LogP contribution is -2.45. The molecule has 0 aromatic heterocycles. The number of allylic oxidation sites excluding steroid dienone is 5. The van der Waals surface area contributed by atoms with E-state index in [0.717, 1.165) is 51.4 Å². The first-order chi connectivity index (χ1) is 33.0. The van der Waals surface area contributed by atoms with Crippen molar-refractivity contribution >= 4 is 11.9 Å². The number of carbonyl (C=O) groups excluding carboxylic acids is 2. The number of rotatable bonds is 55.